The number of rotatable bonds is 5. The maximum absolute atomic E-state index is 13.8. The number of aromatic nitrogens is 4. The third kappa shape index (κ3) is 4.08. The van der Waals surface area contributed by atoms with Crippen molar-refractivity contribution in [2.75, 3.05) is 11.4 Å². The van der Waals surface area contributed by atoms with Crippen molar-refractivity contribution < 1.29 is 4.74 Å². The van der Waals surface area contributed by atoms with Crippen molar-refractivity contribution in [2.45, 2.75) is 33.4 Å². The molecule has 38 heavy (non-hydrogen) atoms. The van der Waals surface area contributed by atoms with Gasteiger partial charge in [0, 0.05) is 25.8 Å². The molecule has 0 saturated carbocycles. The molecule has 0 N–H and O–H groups in total. The van der Waals surface area contributed by atoms with E-state index in [1.54, 1.807) is 7.05 Å². The van der Waals surface area contributed by atoms with Gasteiger partial charge >= 0.3 is 5.69 Å². The number of imidazole rings is 1. The number of fused-ring (bicyclic) bond motifs is 3. The second kappa shape index (κ2) is 9.37. The fourth-order valence-electron chi connectivity index (χ4n) is 5.11. The molecule has 0 fully saturated rings. The van der Waals surface area contributed by atoms with Crippen LogP contribution in [0.15, 0.2) is 82.4 Å². The Morgan fingerprint density at radius 2 is 1.63 bits per heavy atom. The first-order valence-electron chi connectivity index (χ1n) is 12.8. The average Bonchev–Trinajstić information content (AvgIpc) is 3.33. The minimum Gasteiger partial charge on any atom is -0.457 e. The number of para-hydroxylation sites is 1. The van der Waals surface area contributed by atoms with Crippen LogP contribution in [0.1, 0.15) is 23.1 Å². The maximum atomic E-state index is 13.8. The lowest BCUT2D eigenvalue weighted by atomic mass is 10.1. The summed E-state index contributed by atoms with van der Waals surface area (Å²) >= 11 is 0. The van der Waals surface area contributed by atoms with Crippen molar-refractivity contribution in [1.82, 2.24) is 18.7 Å². The van der Waals surface area contributed by atoms with Crippen LogP contribution < -0.4 is 20.9 Å². The van der Waals surface area contributed by atoms with Crippen molar-refractivity contribution in [1.29, 1.82) is 0 Å². The van der Waals surface area contributed by atoms with Crippen LogP contribution in [-0.4, -0.2) is 25.2 Å². The van der Waals surface area contributed by atoms with Gasteiger partial charge in [-0.3, -0.25) is 13.9 Å². The van der Waals surface area contributed by atoms with Crippen LogP contribution >= 0.6 is 0 Å². The highest BCUT2D eigenvalue weighted by molar-refractivity contribution is 5.77. The summed E-state index contributed by atoms with van der Waals surface area (Å²) in [5, 5.41) is 0. The van der Waals surface area contributed by atoms with Crippen molar-refractivity contribution in [3.63, 3.8) is 0 Å². The molecule has 0 spiro atoms. The number of hydrogen-bond acceptors (Lipinski definition) is 5. The van der Waals surface area contributed by atoms with Crippen LogP contribution in [0.2, 0.25) is 0 Å². The number of ether oxygens (including phenoxy) is 1. The zero-order valence-electron chi connectivity index (χ0n) is 21.7. The van der Waals surface area contributed by atoms with Gasteiger partial charge in [-0.15, -0.1) is 0 Å². The molecule has 1 aliphatic rings. The van der Waals surface area contributed by atoms with Gasteiger partial charge in [-0.05, 0) is 67.8 Å². The van der Waals surface area contributed by atoms with E-state index in [9.17, 15) is 9.59 Å². The van der Waals surface area contributed by atoms with Gasteiger partial charge in [0.15, 0.2) is 11.2 Å². The van der Waals surface area contributed by atoms with E-state index < -0.39 is 0 Å². The molecule has 1 aliphatic heterocycles. The molecule has 3 aromatic carbocycles. The number of hydrogen-bond donors (Lipinski definition) is 0. The highest BCUT2D eigenvalue weighted by atomic mass is 16.5. The maximum Gasteiger partial charge on any atom is 0.332 e. The van der Waals surface area contributed by atoms with Crippen LogP contribution in [-0.2, 0) is 20.1 Å². The second-order valence-corrected chi connectivity index (χ2v) is 9.81. The summed E-state index contributed by atoms with van der Waals surface area (Å²) in [4.78, 5) is 34.0. The van der Waals surface area contributed by atoms with E-state index in [1.165, 1.54) is 9.13 Å². The van der Waals surface area contributed by atoms with E-state index in [1.807, 2.05) is 91.2 Å². The topological polar surface area (TPSA) is 74.3 Å². The summed E-state index contributed by atoms with van der Waals surface area (Å²) in [7, 11) is 1.68. The zero-order chi connectivity index (χ0) is 26.4. The Hall–Kier alpha value is -4.59. The molecular weight excluding hydrogens is 478 g/mol. The summed E-state index contributed by atoms with van der Waals surface area (Å²) in [5.41, 5.74) is 4.23. The predicted octanol–water partition coefficient (Wildman–Crippen LogP) is 4.90. The first kappa shape index (κ1) is 23.8. The van der Waals surface area contributed by atoms with Crippen molar-refractivity contribution in [3.8, 4) is 11.5 Å². The van der Waals surface area contributed by atoms with Crippen LogP contribution in [0.4, 0.5) is 11.6 Å². The number of nitrogens with zero attached hydrogens (tertiary/aromatic N) is 5. The van der Waals surface area contributed by atoms with E-state index in [2.05, 4.69) is 4.90 Å². The van der Waals surface area contributed by atoms with E-state index in [-0.39, 0.29) is 17.8 Å². The summed E-state index contributed by atoms with van der Waals surface area (Å²) < 4.78 is 10.7. The summed E-state index contributed by atoms with van der Waals surface area (Å²) in [6, 6.07) is 23.6. The van der Waals surface area contributed by atoms with Gasteiger partial charge in [0.25, 0.3) is 5.56 Å². The largest absolute Gasteiger partial charge is 0.457 e. The van der Waals surface area contributed by atoms with Gasteiger partial charge in [0.1, 0.15) is 11.5 Å². The normalized spacial score (nSPS) is 13.1. The first-order chi connectivity index (χ1) is 18.4. The molecule has 0 saturated heterocycles. The number of aryl methyl sites for hydroxylation is 4. The summed E-state index contributed by atoms with van der Waals surface area (Å²) in [6.45, 7) is 5.65. The molecule has 8 heteroatoms. The van der Waals surface area contributed by atoms with Crippen LogP contribution in [0.25, 0.3) is 11.2 Å². The van der Waals surface area contributed by atoms with E-state index in [4.69, 9.17) is 9.72 Å². The number of benzene rings is 3. The van der Waals surface area contributed by atoms with Gasteiger partial charge in [0.2, 0.25) is 5.95 Å². The Bertz CT molecular complexity index is 1770. The first-order valence-corrected chi connectivity index (χ1v) is 12.8. The minimum absolute atomic E-state index is 0.224. The van der Waals surface area contributed by atoms with Gasteiger partial charge in [-0.1, -0.05) is 42.0 Å². The molecule has 3 heterocycles. The molecule has 5 aromatic rings. The van der Waals surface area contributed by atoms with Crippen LogP contribution in [0.5, 0.6) is 11.5 Å². The van der Waals surface area contributed by atoms with Gasteiger partial charge in [-0.2, -0.15) is 4.98 Å². The lowest BCUT2D eigenvalue weighted by molar-refractivity contribution is 0.482. The molecule has 0 bridgehead atoms. The molecule has 0 radical (unpaired) electrons. The number of anilines is 2. The van der Waals surface area contributed by atoms with Crippen LogP contribution in [0.3, 0.4) is 0 Å². The fraction of sp³-hybridized carbons (Fsp3) is 0.233. The van der Waals surface area contributed by atoms with Gasteiger partial charge < -0.3 is 14.2 Å². The molecular formula is C30H29N5O3. The van der Waals surface area contributed by atoms with E-state index >= 15 is 0 Å². The van der Waals surface area contributed by atoms with Crippen molar-refractivity contribution in [3.05, 3.63) is 110 Å². The lowest BCUT2D eigenvalue weighted by Crippen LogP contribution is -2.40. The molecule has 0 atom stereocenters. The Kier molecular flexibility index (Phi) is 5.87. The summed E-state index contributed by atoms with van der Waals surface area (Å²) in [6.07, 6.45) is 0.847. The zero-order valence-corrected chi connectivity index (χ0v) is 21.7. The second-order valence-electron chi connectivity index (χ2n) is 9.81. The van der Waals surface area contributed by atoms with E-state index in [0.717, 1.165) is 46.8 Å². The molecule has 0 amide bonds. The molecule has 0 unspecified atom stereocenters. The molecule has 0 aliphatic carbocycles. The van der Waals surface area contributed by atoms with E-state index in [0.29, 0.717) is 23.7 Å². The minimum atomic E-state index is -0.368. The Balaban J connectivity index is 1.40. The lowest BCUT2D eigenvalue weighted by Gasteiger charge is -2.29. The highest BCUT2D eigenvalue weighted by Crippen LogP contribution is 2.32. The smallest absolute Gasteiger partial charge is 0.332 e. The standard InChI is InChI=1S/C30H29N5O3/c1-20-10-11-21(2)22(18-20)19-35-28(36)26-27(32(3)30(35)37)31-29-33(16-7-17-34(26)29)23-12-14-25(15-13-23)38-24-8-5-4-6-9-24/h4-6,8-15,18H,7,16-17,19H2,1-3H3. The fourth-order valence-corrected chi connectivity index (χ4v) is 5.11. The molecule has 8 nitrogen and oxygen atoms in total. The monoisotopic (exact) mass is 507 g/mol. The molecule has 2 aromatic heterocycles. The third-order valence-corrected chi connectivity index (χ3v) is 7.18. The predicted molar refractivity (Wildman–Crippen MR) is 149 cm³/mol. The third-order valence-electron chi connectivity index (χ3n) is 7.18. The SMILES string of the molecule is Cc1ccc(C)c(Cn2c(=O)c3c(nc4n3CCCN4c3ccc(Oc4ccccc4)cc3)n(C)c2=O)c1. The molecule has 6 rings (SSSR count). The quantitative estimate of drug-likeness (QED) is 0.338. The average molecular weight is 508 g/mol. The van der Waals surface area contributed by atoms with Crippen LogP contribution in [0, 0.1) is 13.8 Å². The highest BCUT2D eigenvalue weighted by Gasteiger charge is 2.27. The Morgan fingerprint density at radius 1 is 0.895 bits per heavy atom. The van der Waals surface area contributed by atoms with Crippen molar-refractivity contribution in [2.24, 2.45) is 7.05 Å². The van der Waals surface area contributed by atoms with Gasteiger partial charge in [0.05, 0.1) is 6.54 Å². The molecule has 192 valence electrons. The summed E-state index contributed by atoms with van der Waals surface area (Å²) in [5.74, 6) is 2.18. The van der Waals surface area contributed by atoms with Gasteiger partial charge in [-0.25, -0.2) is 4.79 Å². The Morgan fingerprint density at radius 3 is 2.39 bits per heavy atom. The van der Waals surface area contributed by atoms with Crippen molar-refractivity contribution >= 4 is 22.8 Å². The Labute approximate surface area is 220 Å².